The summed E-state index contributed by atoms with van der Waals surface area (Å²) in [5.74, 6) is -0.996. The van der Waals surface area contributed by atoms with E-state index in [4.69, 9.17) is 34.8 Å². The molecule has 3 aromatic rings. The van der Waals surface area contributed by atoms with E-state index in [2.05, 4.69) is 5.32 Å². The molecule has 7 nitrogen and oxygen atoms in total. The quantitative estimate of drug-likeness (QED) is 0.325. The molecule has 2 amide bonds. The van der Waals surface area contributed by atoms with Crippen LogP contribution in [0.5, 0.6) is 0 Å². The van der Waals surface area contributed by atoms with E-state index >= 15 is 0 Å². The molecular formula is C27H28Cl3N3O4S. The smallest absolute Gasteiger partial charge is 0.264 e. The van der Waals surface area contributed by atoms with Crippen LogP contribution in [0.2, 0.25) is 15.1 Å². The predicted octanol–water partition coefficient (Wildman–Crippen LogP) is 5.70. The van der Waals surface area contributed by atoms with Gasteiger partial charge in [0.1, 0.15) is 12.6 Å². The zero-order chi connectivity index (χ0) is 28.0. The fraction of sp³-hybridized carbons (Fsp3) is 0.259. The highest BCUT2D eigenvalue weighted by Crippen LogP contribution is 2.30. The third-order valence-corrected chi connectivity index (χ3v) is 8.82. The second-order valence-electron chi connectivity index (χ2n) is 8.51. The van der Waals surface area contributed by atoms with Gasteiger partial charge in [-0.05, 0) is 61.4 Å². The van der Waals surface area contributed by atoms with Crippen molar-refractivity contribution in [3.05, 3.63) is 92.9 Å². The predicted molar refractivity (Wildman–Crippen MR) is 152 cm³/mol. The number of likely N-dealkylation sites (N-methyl/N-ethyl adjacent to an activating group) is 1. The lowest BCUT2D eigenvalue weighted by molar-refractivity contribution is -0.140. The fourth-order valence-corrected chi connectivity index (χ4v) is 6.15. The maximum atomic E-state index is 14.0. The lowest BCUT2D eigenvalue weighted by Crippen LogP contribution is -2.52. The van der Waals surface area contributed by atoms with E-state index in [1.807, 2.05) is 0 Å². The van der Waals surface area contributed by atoms with Gasteiger partial charge in [0, 0.05) is 34.2 Å². The van der Waals surface area contributed by atoms with E-state index in [1.165, 1.54) is 36.2 Å². The van der Waals surface area contributed by atoms with Crippen LogP contribution >= 0.6 is 34.8 Å². The molecule has 0 bridgehead atoms. The van der Waals surface area contributed by atoms with Crippen molar-refractivity contribution >= 4 is 62.3 Å². The summed E-state index contributed by atoms with van der Waals surface area (Å²) >= 11 is 18.8. The van der Waals surface area contributed by atoms with Crippen molar-refractivity contribution in [2.45, 2.75) is 37.8 Å². The topological polar surface area (TPSA) is 86.8 Å². The summed E-state index contributed by atoms with van der Waals surface area (Å²) in [5, 5.41) is 3.61. The molecule has 3 aromatic carbocycles. The summed E-state index contributed by atoms with van der Waals surface area (Å²) in [4.78, 5) is 28.0. The largest absolute Gasteiger partial charge is 0.357 e. The lowest BCUT2D eigenvalue weighted by Gasteiger charge is -2.33. The van der Waals surface area contributed by atoms with Gasteiger partial charge in [-0.2, -0.15) is 0 Å². The number of hydrogen-bond acceptors (Lipinski definition) is 4. The summed E-state index contributed by atoms with van der Waals surface area (Å²) in [6.45, 7) is 2.86. The summed E-state index contributed by atoms with van der Waals surface area (Å²) in [6, 6.07) is 16.6. The molecule has 0 unspecified atom stereocenters. The number of sulfonamides is 1. The van der Waals surface area contributed by atoms with Crippen molar-refractivity contribution in [2.75, 3.05) is 17.9 Å². The number of halogens is 3. The zero-order valence-electron chi connectivity index (χ0n) is 21.1. The average Bonchev–Trinajstić information content (AvgIpc) is 2.89. The van der Waals surface area contributed by atoms with E-state index in [0.717, 1.165) is 4.31 Å². The van der Waals surface area contributed by atoms with Crippen molar-refractivity contribution < 1.29 is 18.0 Å². The van der Waals surface area contributed by atoms with Gasteiger partial charge in [0.15, 0.2) is 0 Å². The maximum absolute atomic E-state index is 14.0. The first-order chi connectivity index (χ1) is 18.0. The third kappa shape index (κ3) is 6.61. The first-order valence-electron chi connectivity index (χ1n) is 11.8. The minimum absolute atomic E-state index is 0.0306. The molecule has 0 aliphatic carbocycles. The number of benzene rings is 3. The summed E-state index contributed by atoms with van der Waals surface area (Å²) in [7, 11) is -2.72. The van der Waals surface area contributed by atoms with Gasteiger partial charge in [-0.15, -0.1) is 0 Å². The van der Waals surface area contributed by atoms with Gasteiger partial charge < -0.3 is 10.2 Å². The Morgan fingerprint density at radius 1 is 0.921 bits per heavy atom. The first-order valence-corrected chi connectivity index (χ1v) is 14.4. The van der Waals surface area contributed by atoms with Crippen molar-refractivity contribution in [3.63, 3.8) is 0 Å². The Balaban J connectivity index is 2.11. The highest BCUT2D eigenvalue weighted by molar-refractivity contribution is 7.92. The Hall–Kier alpha value is -2.78. The normalized spacial score (nSPS) is 12.1. The molecule has 0 fully saturated rings. The number of nitrogens with zero attached hydrogens (tertiary/aromatic N) is 2. The van der Waals surface area contributed by atoms with E-state index in [-0.39, 0.29) is 17.9 Å². The molecule has 38 heavy (non-hydrogen) atoms. The Kier molecular flexibility index (Phi) is 10.1. The molecule has 0 spiro atoms. The Morgan fingerprint density at radius 2 is 1.53 bits per heavy atom. The molecule has 0 saturated heterocycles. The second kappa shape index (κ2) is 12.8. The van der Waals surface area contributed by atoms with E-state index in [1.54, 1.807) is 56.3 Å². The Labute approximate surface area is 238 Å². The molecule has 11 heteroatoms. The van der Waals surface area contributed by atoms with E-state index < -0.39 is 34.4 Å². The van der Waals surface area contributed by atoms with Crippen molar-refractivity contribution in [2.24, 2.45) is 0 Å². The van der Waals surface area contributed by atoms with Crippen LogP contribution in [0.4, 0.5) is 5.69 Å². The molecule has 3 rings (SSSR count). The van der Waals surface area contributed by atoms with Crippen LogP contribution in [0.25, 0.3) is 0 Å². The van der Waals surface area contributed by atoms with Crippen LogP contribution in [0, 0.1) is 6.92 Å². The van der Waals surface area contributed by atoms with Crippen molar-refractivity contribution in [1.82, 2.24) is 10.2 Å². The van der Waals surface area contributed by atoms with Crippen LogP contribution < -0.4 is 9.62 Å². The molecule has 1 N–H and O–H groups in total. The van der Waals surface area contributed by atoms with Crippen molar-refractivity contribution in [1.29, 1.82) is 0 Å². The number of hydrogen-bond donors (Lipinski definition) is 1. The van der Waals surface area contributed by atoms with Gasteiger partial charge in [-0.1, -0.05) is 66.0 Å². The van der Waals surface area contributed by atoms with Crippen LogP contribution in [-0.4, -0.2) is 44.8 Å². The van der Waals surface area contributed by atoms with E-state index in [9.17, 15) is 18.0 Å². The van der Waals surface area contributed by atoms with Gasteiger partial charge in [-0.3, -0.25) is 13.9 Å². The number of carbonyl (C=O) groups excluding carboxylic acids is 2. The molecule has 0 aliphatic rings. The minimum atomic E-state index is -4.19. The maximum Gasteiger partial charge on any atom is 0.264 e. The van der Waals surface area contributed by atoms with Gasteiger partial charge in [0.2, 0.25) is 11.8 Å². The SMILES string of the molecule is CC[C@H](C(=O)NC)N(Cc1c(Cl)cccc1Cl)C(=O)CN(c1ccccc1C)S(=O)(=O)c1ccc(Cl)cc1. The average molecular weight is 597 g/mol. The highest BCUT2D eigenvalue weighted by Gasteiger charge is 2.34. The number of para-hydroxylation sites is 1. The van der Waals surface area contributed by atoms with Gasteiger partial charge >= 0.3 is 0 Å². The molecule has 0 radical (unpaired) electrons. The standard InChI is InChI=1S/C27H28Cl3N3O4S/c1-4-24(27(35)31-3)32(16-21-22(29)9-7-10-23(21)30)26(34)17-33(25-11-6-5-8-18(25)2)38(36,37)20-14-12-19(28)13-15-20/h5-15,24H,4,16-17H2,1-3H3,(H,31,35)/t24-/m1/s1. The van der Waals surface area contributed by atoms with Gasteiger partial charge in [0.05, 0.1) is 10.6 Å². The molecule has 0 aliphatic heterocycles. The number of anilines is 1. The highest BCUT2D eigenvalue weighted by atomic mass is 35.5. The number of aryl methyl sites for hydroxylation is 1. The van der Waals surface area contributed by atoms with Gasteiger partial charge in [-0.25, -0.2) is 8.42 Å². The monoisotopic (exact) mass is 595 g/mol. The number of carbonyl (C=O) groups is 2. The first kappa shape index (κ1) is 29.8. The number of rotatable bonds is 10. The van der Waals surface area contributed by atoms with Crippen LogP contribution in [0.1, 0.15) is 24.5 Å². The van der Waals surface area contributed by atoms with Gasteiger partial charge in [0.25, 0.3) is 10.0 Å². The summed E-state index contributed by atoms with van der Waals surface area (Å²) in [5.41, 5.74) is 1.44. The molecule has 1 atom stereocenters. The number of amides is 2. The molecule has 0 saturated carbocycles. The minimum Gasteiger partial charge on any atom is -0.357 e. The van der Waals surface area contributed by atoms with Crippen LogP contribution in [0.15, 0.2) is 71.6 Å². The molecular weight excluding hydrogens is 569 g/mol. The van der Waals surface area contributed by atoms with E-state index in [0.29, 0.717) is 31.9 Å². The molecule has 202 valence electrons. The Morgan fingerprint density at radius 3 is 2.08 bits per heavy atom. The molecule has 0 heterocycles. The van der Waals surface area contributed by atoms with Crippen LogP contribution in [-0.2, 0) is 26.2 Å². The summed E-state index contributed by atoms with van der Waals surface area (Å²) in [6.07, 6.45) is 0.280. The van der Waals surface area contributed by atoms with Crippen molar-refractivity contribution in [3.8, 4) is 0 Å². The molecule has 0 aromatic heterocycles. The number of nitrogens with one attached hydrogen (secondary N) is 1. The second-order valence-corrected chi connectivity index (χ2v) is 11.6. The lowest BCUT2D eigenvalue weighted by atomic mass is 10.1. The third-order valence-electron chi connectivity index (χ3n) is 6.09. The zero-order valence-corrected chi connectivity index (χ0v) is 24.2. The fourth-order valence-electron chi connectivity index (χ4n) is 4.03. The Bertz CT molecular complexity index is 1400. The summed E-state index contributed by atoms with van der Waals surface area (Å²) < 4.78 is 28.7. The van der Waals surface area contributed by atoms with Crippen LogP contribution in [0.3, 0.4) is 0 Å².